The van der Waals surface area contributed by atoms with Crippen molar-refractivity contribution in [3.8, 4) is 0 Å². The lowest BCUT2D eigenvalue weighted by atomic mass is 10.2. The van der Waals surface area contributed by atoms with Crippen LogP contribution >= 0.6 is 0 Å². The van der Waals surface area contributed by atoms with Gasteiger partial charge in [-0.15, -0.1) is 0 Å². The Labute approximate surface area is 121 Å². The molecule has 1 aliphatic heterocycles. The maximum absolute atomic E-state index is 12.7. The predicted octanol–water partition coefficient (Wildman–Crippen LogP) is 0.286. The number of carbonyl (C=O) groups excluding carboxylic acids is 2. The largest absolute Gasteiger partial charge is 0.452 e. The minimum atomic E-state index is -3.08. The van der Waals surface area contributed by atoms with Crippen LogP contribution in [0.4, 0.5) is 4.39 Å². The monoisotopic (exact) mass is 315 g/mol. The fourth-order valence-corrected chi connectivity index (χ4v) is 3.65. The Kier molecular flexibility index (Phi) is 4.56. The summed E-state index contributed by atoms with van der Waals surface area (Å²) < 4.78 is 39.9. The highest BCUT2D eigenvalue weighted by Crippen LogP contribution is 2.11. The molecule has 8 heteroatoms. The number of hydrogen-bond donors (Lipinski definition) is 1. The summed E-state index contributed by atoms with van der Waals surface area (Å²) in [6.45, 7) is -0.507. The summed E-state index contributed by atoms with van der Waals surface area (Å²) in [5.74, 6) is -1.83. The van der Waals surface area contributed by atoms with Crippen LogP contribution in [0.15, 0.2) is 24.3 Å². The van der Waals surface area contributed by atoms with Crippen molar-refractivity contribution in [2.24, 2.45) is 0 Å². The molecular weight excluding hydrogens is 301 g/mol. The SMILES string of the molecule is O=C(COC(=O)c1ccc(F)cc1)N[C@H]1CCS(=O)(=O)C1. The van der Waals surface area contributed by atoms with E-state index in [1.54, 1.807) is 0 Å². The Morgan fingerprint density at radius 3 is 2.52 bits per heavy atom. The Morgan fingerprint density at radius 1 is 1.29 bits per heavy atom. The van der Waals surface area contributed by atoms with Crippen LogP contribution in [0.25, 0.3) is 0 Å². The summed E-state index contributed by atoms with van der Waals surface area (Å²) in [4.78, 5) is 23.1. The van der Waals surface area contributed by atoms with E-state index in [0.717, 1.165) is 12.1 Å². The van der Waals surface area contributed by atoms with Crippen molar-refractivity contribution in [2.75, 3.05) is 18.1 Å². The fraction of sp³-hybridized carbons (Fsp3) is 0.385. The highest BCUT2D eigenvalue weighted by atomic mass is 32.2. The first-order chi connectivity index (χ1) is 9.85. The molecule has 1 amide bonds. The number of sulfone groups is 1. The van der Waals surface area contributed by atoms with Crippen molar-refractivity contribution in [2.45, 2.75) is 12.5 Å². The van der Waals surface area contributed by atoms with Crippen LogP contribution in [0.3, 0.4) is 0 Å². The smallest absolute Gasteiger partial charge is 0.338 e. The lowest BCUT2D eigenvalue weighted by molar-refractivity contribution is -0.124. The molecule has 6 nitrogen and oxygen atoms in total. The second-order valence-electron chi connectivity index (χ2n) is 4.75. The third-order valence-electron chi connectivity index (χ3n) is 3.01. The van der Waals surface area contributed by atoms with Crippen LogP contribution < -0.4 is 5.32 Å². The third-order valence-corrected chi connectivity index (χ3v) is 4.78. The zero-order chi connectivity index (χ0) is 15.5. The Morgan fingerprint density at radius 2 is 1.95 bits per heavy atom. The summed E-state index contributed by atoms with van der Waals surface area (Å²) in [5.41, 5.74) is 0.132. The summed E-state index contributed by atoms with van der Waals surface area (Å²) in [7, 11) is -3.08. The molecule has 2 rings (SSSR count). The zero-order valence-corrected chi connectivity index (χ0v) is 11.9. The van der Waals surface area contributed by atoms with Crippen LogP contribution in [0, 0.1) is 5.82 Å². The molecule has 0 bridgehead atoms. The minimum Gasteiger partial charge on any atom is -0.452 e. The molecule has 1 aromatic rings. The topological polar surface area (TPSA) is 89.5 Å². The van der Waals surface area contributed by atoms with Gasteiger partial charge in [-0.2, -0.15) is 0 Å². The molecular formula is C13H14FNO5S. The van der Waals surface area contributed by atoms with E-state index in [1.807, 2.05) is 0 Å². The molecule has 0 spiro atoms. The average molecular weight is 315 g/mol. The molecule has 1 N–H and O–H groups in total. The molecule has 114 valence electrons. The molecule has 1 fully saturated rings. The lowest BCUT2D eigenvalue weighted by Crippen LogP contribution is -2.38. The van der Waals surface area contributed by atoms with Gasteiger partial charge in [0.2, 0.25) is 0 Å². The molecule has 1 aromatic carbocycles. The molecule has 1 aliphatic rings. The van der Waals surface area contributed by atoms with Gasteiger partial charge in [0.25, 0.3) is 5.91 Å². The molecule has 21 heavy (non-hydrogen) atoms. The molecule has 0 aromatic heterocycles. The van der Waals surface area contributed by atoms with Gasteiger partial charge in [0.1, 0.15) is 5.82 Å². The molecule has 1 atom stereocenters. The van der Waals surface area contributed by atoms with Gasteiger partial charge in [0.05, 0.1) is 17.1 Å². The number of rotatable bonds is 4. The van der Waals surface area contributed by atoms with Crippen LogP contribution in [0.2, 0.25) is 0 Å². The van der Waals surface area contributed by atoms with Crippen LogP contribution in [-0.4, -0.2) is 44.4 Å². The van der Waals surface area contributed by atoms with Crippen molar-refractivity contribution >= 4 is 21.7 Å². The van der Waals surface area contributed by atoms with Crippen molar-refractivity contribution in [3.05, 3.63) is 35.6 Å². The number of hydrogen-bond acceptors (Lipinski definition) is 5. The molecule has 1 heterocycles. The van der Waals surface area contributed by atoms with Gasteiger partial charge >= 0.3 is 5.97 Å². The molecule has 0 aliphatic carbocycles. The first-order valence-corrected chi connectivity index (χ1v) is 8.10. The maximum atomic E-state index is 12.7. The van der Waals surface area contributed by atoms with Crippen LogP contribution in [0.5, 0.6) is 0 Å². The van der Waals surface area contributed by atoms with Crippen molar-refractivity contribution in [3.63, 3.8) is 0 Å². The fourth-order valence-electron chi connectivity index (χ4n) is 1.98. The van der Waals surface area contributed by atoms with Gasteiger partial charge in [0.15, 0.2) is 16.4 Å². The highest BCUT2D eigenvalue weighted by molar-refractivity contribution is 7.91. The number of benzene rings is 1. The van der Waals surface area contributed by atoms with E-state index < -0.39 is 40.2 Å². The number of ether oxygens (including phenoxy) is 1. The van der Waals surface area contributed by atoms with Gasteiger partial charge < -0.3 is 10.1 Å². The van der Waals surface area contributed by atoms with Crippen molar-refractivity contribution < 1.29 is 27.1 Å². The number of carbonyl (C=O) groups is 2. The van der Waals surface area contributed by atoms with Gasteiger partial charge in [0, 0.05) is 6.04 Å². The average Bonchev–Trinajstić information content (AvgIpc) is 2.76. The Hall–Kier alpha value is -1.96. The Bertz CT molecular complexity index is 641. The molecule has 1 saturated heterocycles. The van der Waals surface area contributed by atoms with Crippen molar-refractivity contribution in [1.82, 2.24) is 5.32 Å². The van der Waals surface area contributed by atoms with Gasteiger partial charge in [-0.1, -0.05) is 0 Å². The van der Waals surface area contributed by atoms with E-state index >= 15 is 0 Å². The second kappa shape index (κ2) is 6.21. The van der Waals surface area contributed by atoms with E-state index in [-0.39, 0.29) is 17.1 Å². The summed E-state index contributed by atoms with van der Waals surface area (Å²) in [6.07, 6.45) is 0.361. The summed E-state index contributed by atoms with van der Waals surface area (Å²) in [6, 6.07) is 4.28. The highest BCUT2D eigenvalue weighted by Gasteiger charge is 2.29. The number of halogens is 1. The van der Waals surface area contributed by atoms with Crippen LogP contribution in [-0.2, 0) is 19.4 Å². The number of nitrogens with one attached hydrogen (secondary N) is 1. The van der Waals surface area contributed by atoms with Gasteiger partial charge in [-0.3, -0.25) is 4.79 Å². The van der Waals surface area contributed by atoms with Crippen molar-refractivity contribution in [1.29, 1.82) is 0 Å². The maximum Gasteiger partial charge on any atom is 0.338 e. The van der Waals surface area contributed by atoms with E-state index in [1.165, 1.54) is 12.1 Å². The summed E-state index contributed by atoms with van der Waals surface area (Å²) >= 11 is 0. The third kappa shape index (κ3) is 4.52. The Balaban J connectivity index is 1.79. The van der Waals surface area contributed by atoms with Gasteiger partial charge in [-0.25, -0.2) is 17.6 Å². The molecule has 0 radical (unpaired) electrons. The zero-order valence-electron chi connectivity index (χ0n) is 11.0. The number of esters is 1. The normalized spacial score (nSPS) is 20.0. The van der Waals surface area contributed by atoms with E-state index in [4.69, 9.17) is 4.74 Å². The van der Waals surface area contributed by atoms with E-state index in [2.05, 4.69) is 5.32 Å². The second-order valence-corrected chi connectivity index (χ2v) is 6.98. The predicted molar refractivity (Wildman–Crippen MR) is 71.9 cm³/mol. The van der Waals surface area contributed by atoms with Gasteiger partial charge in [-0.05, 0) is 30.7 Å². The van der Waals surface area contributed by atoms with E-state index in [9.17, 15) is 22.4 Å². The lowest BCUT2D eigenvalue weighted by Gasteiger charge is -2.11. The van der Waals surface area contributed by atoms with Crippen LogP contribution in [0.1, 0.15) is 16.8 Å². The standard InChI is InChI=1S/C13H14FNO5S/c14-10-3-1-9(2-4-10)13(17)20-7-12(16)15-11-5-6-21(18,19)8-11/h1-4,11H,5-8H2,(H,15,16)/t11-/m0/s1. The molecule has 0 unspecified atom stereocenters. The minimum absolute atomic E-state index is 0.0489. The first kappa shape index (κ1) is 15.4. The quantitative estimate of drug-likeness (QED) is 0.807. The van der Waals surface area contributed by atoms with E-state index in [0.29, 0.717) is 6.42 Å². The molecule has 0 saturated carbocycles. The first-order valence-electron chi connectivity index (χ1n) is 6.28. The summed E-state index contributed by atoms with van der Waals surface area (Å²) in [5, 5.41) is 2.50. The number of amides is 1.